The summed E-state index contributed by atoms with van der Waals surface area (Å²) in [6.07, 6.45) is 0.00571. The molecular weight excluding hydrogens is 451 g/mol. The van der Waals surface area contributed by atoms with Crippen molar-refractivity contribution in [2.24, 2.45) is 0 Å². The fourth-order valence-electron chi connectivity index (χ4n) is 4.07. The van der Waals surface area contributed by atoms with E-state index in [2.05, 4.69) is 25.0 Å². The van der Waals surface area contributed by atoms with Gasteiger partial charge in [0.15, 0.2) is 0 Å². The van der Waals surface area contributed by atoms with E-state index in [1.807, 2.05) is 19.1 Å². The summed E-state index contributed by atoms with van der Waals surface area (Å²) in [5.41, 5.74) is 1.29. The van der Waals surface area contributed by atoms with Gasteiger partial charge in [0, 0.05) is 12.2 Å². The minimum Gasteiger partial charge on any atom is -0.494 e. The fraction of sp³-hybridized carbons (Fsp3) is 0.462. The molecule has 0 fully saturated rings. The molecule has 184 valence electrons. The van der Waals surface area contributed by atoms with Gasteiger partial charge in [-0.05, 0) is 74.7 Å². The largest absolute Gasteiger partial charge is 0.494 e. The molecule has 0 aliphatic carbocycles. The Bertz CT molecular complexity index is 1080. The van der Waals surface area contributed by atoms with Crippen molar-refractivity contribution in [2.75, 3.05) is 18.5 Å². The van der Waals surface area contributed by atoms with Crippen molar-refractivity contribution in [1.29, 1.82) is 0 Å². The molecule has 8 heteroatoms. The molecule has 0 saturated carbocycles. The minimum atomic E-state index is -1.85. The Hall–Kier alpha value is -2.87. The molecule has 2 aromatic carbocycles. The standard InChI is InChI=1S/C26H35FN2O4Si/c1-8-32-19-10-11-20-17(15-19)13-14-29(25(31)33-26(2,3)4)23(20)24(30)28-18-9-12-22(21(27)16-18)34(5,6)7/h9-12,15-16,23H,8,13-14H2,1-7H3,(H,28,30)/t23-/m0/s1. The maximum atomic E-state index is 14.8. The summed E-state index contributed by atoms with van der Waals surface area (Å²) in [5, 5.41) is 3.52. The first-order valence-electron chi connectivity index (χ1n) is 11.7. The third-order valence-electron chi connectivity index (χ3n) is 5.57. The van der Waals surface area contributed by atoms with Crippen LogP contribution in [0.1, 0.15) is 44.9 Å². The summed E-state index contributed by atoms with van der Waals surface area (Å²) in [4.78, 5) is 28.0. The van der Waals surface area contributed by atoms with Crippen LogP contribution < -0.4 is 15.2 Å². The van der Waals surface area contributed by atoms with E-state index in [1.165, 1.54) is 11.0 Å². The monoisotopic (exact) mass is 486 g/mol. The molecule has 2 amide bonds. The number of hydrogen-bond acceptors (Lipinski definition) is 4. The van der Waals surface area contributed by atoms with Crippen molar-refractivity contribution in [2.45, 2.75) is 65.4 Å². The van der Waals surface area contributed by atoms with E-state index >= 15 is 0 Å². The molecule has 2 aromatic rings. The average molecular weight is 487 g/mol. The summed E-state index contributed by atoms with van der Waals surface area (Å²) in [6, 6.07) is 9.42. The van der Waals surface area contributed by atoms with Crippen molar-refractivity contribution < 1.29 is 23.5 Å². The molecule has 0 spiro atoms. The molecule has 3 rings (SSSR count). The maximum absolute atomic E-state index is 14.8. The van der Waals surface area contributed by atoms with Crippen LogP contribution in [0.5, 0.6) is 5.75 Å². The van der Waals surface area contributed by atoms with Crippen LogP contribution >= 0.6 is 0 Å². The lowest BCUT2D eigenvalue weighted by molar-refractivity contribution is -0.121. The smallest absolute Gasteiger partial charge is 0.411 e. The molecule has 0 bridgehead atoms. The third kappa shape index (κ3) is 5.97. The zero-order chi connectivity index (χ0) is 25.3. The SMILES string of the molecule is CCOc1ccc2c(c1)CCN(C(=O)OC(C)(C)C)[C@@H]2C(=O)Nc1ccc([Si](C)(C)C)c(F)c1. The van der Waals surface area contributed by atoms with Crippen molar-refractivity contribution in [3.8, 4) is 5.75 Å². The van der Waals surface area contributed by atoms with Crippen LogP contribution in [-0.4, -0.2) is 43.7 Å². The predicted octanol–water partition coefficient (Wildman–Crippen LogP) is 5.24. The lowest BCUT2D eigenvalue weighted by Gasteiger charge is -2.37. The Morgan fingerprint density at radius 3 is 2.44 bits per heavy atom. The number of fused-ring (bicyclic) bond motifs is 1. The highest BCUT2D eigenvalue weighted by atomic mass is 28.3. The molecule has 6 nitrogen and oxygen atoms in total. The van der Waals surface area contributed by atoms with Gasteiger partial charge < -0.3 is 14.8 Å². The lowest BCUT2D eigenvalue weighted by Crippen LogP contribution is -2.47. The maximum Gasteiger partial charge on any atom is 0.411 e. The molecule has 1 atom stereocenters. The van der Waals surface area contributed by atoms with Gasteiger partial charge in [0.05, 0.1) is 14.7 Å². The predicted molar refractivity (Wildman–Crippen MR) is 135 cm³/mol. The van der Waals surface area contributed by atoms with Crippen molar-refractivity contribution in [3.63, 3.8) is 0 Å². The molecule has 1 heterocycles. The number of rotatable bonds is 5. The van der Waals surface area contributed by atoms with Crippen LogP contribution in [0.2, 0.25) is 19.6 Å². The second-order valence-electron chi connectivity index (χ2n) is 10.6. The number of carbonyl (C=O) groups is 2. The third-order valence-corrected chi connectivity index (χ3v) is 7.60. The minimum absolute atomic E-state index is 0.318. The average Bonchev–Trinajstić information content (AvgIpc) is 2.70. The highest BCUT2D eigenvalue weighted by Crippen LogP contribution is 2.34. The highest BCUT2D eigenvalue weighted by molar-refractivity contribution is 6.88. The van der Waals surface area contributed by atoms with E-state index in [0.717, 1.165) is 11.3 Å². The molecule has 0 radical (unpaired) electrons. The van der Waals surface area contributed by atoms with E-state index in [4.69, 9.17) is 9.47 Å². The van der Waals surface area contributed by atoms with Crippen LogP contribution in [0.4, 0.5) is 14.9 Å². The first-order valence-corrected chi connectivity index (χ1v) is 15.2. The number of anilines is 1. The van der Waals surface area contributed by atoms with Gasteiger partial charge in [-0.25, -0.2) is 9.18 Å². The van der Waals surface area contributed by atoms with Crippen LogP contribution in [-0.2, 0) is 16.0 Å². The quantitative estimate of drug-likeness (QED) is 0.587. The zero-order valence-electron chi connectivity index (χ0n) is 21.1. The zero-order valence-corrected chi connectivity index (χ0v) is 22.1. The van der Waals surface area contributed by atoms with Crippen LogP contribution in [0.25, 0.3) is 0 Å². The van der Waals surface area contributed by atoms with E-state index in [0.29, 0.717) is 36.0 Å². The molecule has 0 aromatic heterocycles. The van der Waals surface area contributed by atoms with E-state index in [-0.39, 0.29) is 5.82 Å². The Morgan fingerprint density at radius 2 is 1.85 bits per heavy atom. The molecule has 1 aliphatic rings. The second-order valence-corrected chi connectivity index (χ2v) is 15.6. The normalized spacial score (nSPS) is 16.0. The molecule has 1 aliphatic heterocycles. The topological polar surface area (TPSA) is 67.9 Å². The van der Waals surface area contributed by atoms with Gasteiger partial charge >= 0.3 is 6.09 Å². The number of hydrogen-bond donors (Lipinski definition) is 1. The number of amides is 2. The van der Waals surface area contributed by atoms with E-state index in [9.17, 15) is 14.0 Å². The fourth-order valence-corrected chi connectivity index (χ4v) is 5.44. The van der Waals surface area contributed by atoms with Gasteiger partial charge in [0.25, 0.3) is 5.91 Å². The summed E-state index contributed by atoms with van der Waals surface area (Å²) in [6.45, 7) is 14.3. The van der Waals surface area contributed by atoms with Crippen LogP contribution in [0.3, 0.4) is 0 Å². The summed E-state index contributed by atoms with van der Waals surface area (Å²) < 4.78 is 26.0. The van der Waals surface area contributed by atoms with Gasteiger partial charge in [-0.1, -0.05) is 31.8 Å². The van der Waals surface area contributed by atoms with Gasteiger partial charge in [-0.2, -0.15) is 0 Å². The number of carbonyl (C=O) groups excluding carboxylic acids is 2. The Balaban J connectivity index is 1.95. The van der Waals surface area contributed by atoms with E-state index < -0.39 is 31.7 Å². The van der Waals surface area contributed by atoms with Gasteiger partial charge in [-0.15, -0.1) is 0 Å². The number of nitrogens with zero attached hydrogens (tertiary/aromatic N) is 1. The number of ether oxygens (including phenoxy) is 2. The Morgan fingerprint density at radius 1 is 1.15 bits per heavy atom. The highest BCUT2D eigenvalue weighted by Gasteiger charge is 2.38. The lowest BCUT2D eigenvalue weighted by atomic mass is 9.92. The van der Waals surface area contributed by atoms with Crippen molar-refractivity contribution >= 4 is 30.9 Å². The van der Waals surface area contributed by atoms with Crippen molar-refractivity contribution in [1.82, 2.24) is 4.90 Å². The van der Waals surface area contributed by atoms with E-state index in [1.54, 1.807) is 39.0 Å². The molecular formula is C26H35FN2O4Si. The Labute approximate surface area is 202 Å². The van der Waals surface area contributed by atoms with Crippen LogP contribution in [0, 0.1) is 5.82 Å². The van der Waals surface area contributed by atoms with Gasteiger partial charge in [0.2, 0.25) is 0 Å². The summed E-state index contributed by atoms with van der Waals surface area (Å²) in [5.74, 6) is -0.0300. The van der Waals surface area contributed by atoms with Crippen LogP contribution in [0.15, 0.2) is 36.4 Å². The molecule has 0 unspecified atom stereocenters. The first-order chi connectivity index (χ1) is 15.8. The van der Waals surface area contributed by atoms with Gasteiger partial charge in [0.1, 0.15) is 23.2 Å². The number of benzene rings is 2. The van der Waals surface area contributed by atoms with Gasteiger partial charge in [-0.3, -0.25) is 9.69 Å². The first kappa shape index (κ1) is 25.7. The second kappa shape index (κ2) is 9.78. The number of halogens is 1. The molecule has 1 N–H and O–H groups in total. The number of nitrogens with one attached hydrogen (secondary N) is 1. The Kier molecular flexibility index (Phi) is 7.40. The summed E-state index contributed by atoms with van der Waals surface area (Å²) in [7, 11) is -1.85. The summed E-state index contributed by atoms with van der Waals surface area (Å²) >= 11 is 0. The van der Waals surface area contributed by atoms with Crippen molar-refractivity contribution in [3.05, 3.63) is 53.3 Å². The molecule has 0 saturated heterocycles. The molecule has 34 heavy (non-hydrogen) atoms.